The second kappa shape index (κ2) is 4.47. The average molecular weight is 213 g/mol. The van der Waals surface area contributed by atoms with Crippen molar-refractivity contribution in [2.24, 2.45) is 0 Å². The van der Waals surface area contributed by atoms with Crippen LogP contribution in [0, 0.1) is 6.92 Å². The largest absolute Gasteiger partial charge is 0.493 e. The monoisotopic (exact) mass is 212 g/mol. The van der Waals surface area contributed by atoms with Gasteiger partial charge in [-0.2, -0.15) is 0 Å². The molecule has 0 saturated heterocycles. The molecule has 0 aliphatic rings. The molecule has 0 N–H and O–H groups in total. The van der Waals surface area contributed by atoms with Gasteiger partial charge in [0, 0.05) is 5.02 Å². The summed E-state index contributed by atoms with van der Waals surface area (Å²) < 4.78 is 5.35. The van der Waals surface area contributed by atoms with E-state index >= 15 is 0 Å². The van der Waals surface area contributed by atoms with Crippen molar-refractivity contribution < 1.29 is 9.53 Å². The fourth-order valence-electron chi connectivity index (χ4n) is 1.21. The Labute approximate surface area is 88.8 Å². The van der Waals surface area contributed by atoms with Crippen molar-refractivity contribution in [3.8, 4) is 5.75 Å². The van der Waals surface area contributed by atoms with Gasteiger partial charge in [0.1, 0.15) is 5.75 Å². The number of benzene rings is 1. The third-order valence-electron chi connectivity index (χ3n) is 1.94. The van der Waals surface area contributed by atoms with Gasteiger partial charge in [0.05, 0.1) is 12.2 Å². The normalized spacial score (nSPS) is 10.0. The van der Waals surface area contributed by atoms with Gasteiger partial charge in [0.15, 0.2) is 5.78 Å². The molecule has 76 valence electrons. The minimum absolute atomic E-state index is 0.0321. The molecule has 0 aliphatic carbocycles. The zero-order chi connectivity index (χ0) is 10.7. The van der Waals surface area contributed by atoms with E-state index in [1.165, 1.54) is 6.92 Å². The first-order valence-electron chi connectivity index (χ1n) is 4.50. The van der Waals surface area contributed by atoms with E-state index in [4.69, 9.17) is 16.3 Å². The smallest absolute Gasteiger partial charge is 0.163 e. The van der Waals surface area contributed by atoms with E-state index in [1.54, 1.807) is 12.1 Å². The highest BCUT2D eigenvalue weighted by molar-refractivity contribution is 6.31. The van der Waals surface area contributed by atoms with Gasteiger partial charge in [-0.15, -0.1) is 0 Å². The lowest BCUT2D eigenvalue weighted by molar-refractivity contribution is 0.101. The molecule has 1 rings (SSSR count). The highest BCUT2D eigenvalue weighted by Gasteiger charge is 2.10. The maximum atomic E-state index is 11.3. The van der Waals surface area contributed by atoms with Crippen LogP contribution in [0.1, 0.15) is 29.8 Å². The molecule has 0 radical (unpaired) electrons. The van der Waals surface area contributed by atoms with Crippen molar-refractivity contribution in [3.63, 3.8) is 0 Å². The van der Waals surface area contributed by atoms with E-state index < -0.39 is 0 Å². The molecular weight excluding hydrogens is 200 g/mol. The summed E-state index contributed by atoms with van der Waals surface area (Å²) in [5.41, 5.74) is 1.46. The molecule has 0 aliphatic heterocycles. The van der Waals surface area contributed by atoms with Crippen molar-refractivity contribution in [3.05, 3.63) is 28.3 Å². The quantitative estimate of drug-likeness (QED) is 0.719. The van der Waals surface area contributed by atoms with Gasteiger partial charge < -0.3 is 4.74 Å². The molecule has 0 aromatic heterocycles. The van der Waals surface area contributed by atoms with E-state index in [-0.39, 0.29) is 5.78 Å². The molecule has 0 fully saturated rings. The Morgan fingerprint density at radius 2 is 2.14 bits per heavy atom. The standard InChI is InChI=1S/C11H13ClO2/c1-4-14-11-5-7(2)10(12)6-9(11)8(3)13/h5-6H,4H2,1-3H3. The van der Waals surface area contributed by atoms with Crippen molar-refractivity contribution in [2.75, 3.05) is 6.61 Å². The lowest BCUT2D eigenvalue weighted by Crippen LogP contribution is -2.01. The summed E-state index contributed by atoms with van der Waals surface area (Å²) >= 11 is 5.92. The number of carbonyl (C=O) groups excluding carboxylic acids is 1. The van der Waals surface area contributed by atoms with Crippen LogP contribution in [0.25, 0.3) is 0 Å². The number of rotatable bonds is 3. The first kappa shape index (κ1) is 11.1. The molecule has 0 amide bonds. The highest BCUT2D eigenvalue weighted by Crippen LogP contribution is 2.27. The first-order valence-corrected chi connectivity index (χ1v) is 4.88. The number of carbonyl (C=O) groups is 1. The molecule has 0 unspecified atom stereocenters. The van der Waals surface area contributed by atoms with Crippen LogP contribution in [-0.4, -0.2) is 12.4 Å². The highest BCUT2D eigenvalue weighted by atomic mass is 35.5. The summed E-state index contributed by atoms with van der Waals surface area (Å²) in [6.07, 6.45) is 0. The Morgan fingerprint density at radius 3 is 2.64 bits per heavy atom. The average Bonchev–Trinajstić information content (AvgIpc) is 2.11. The topological polar surface area (TPSA) is 26.3 Å². The number of hydrogen-bond donors (Lipinski definition) is 0. The van der Waals surface area contributed by atoms with E-state index in [1.807, 2.05) is 13.8 Å². The van der Waals surface area contributed by atoms with Crippen molar-refractivity contribution in [1.29, 1.82) is 0 Å². The van der Waals surface area contributed by atoms with Crippen molar-refractivity contribution >= 4 is 17.4 Å². The summed E-state index contributed by atoms with van der Waals surface area (Å²) in [7, 11) is 0. The zero-order valence-corrected chi connectivity index (χ0v) is 9.31. The second-order valence-corrected chi connectivity index (χ2v) is 3.49. The lowest BCUT2D eigenvalue weighted by atomic mass is 10.1. The summed E-state index contributed by atoms with van der Waals surface area (Å²) in [4.78, 5) is 11.3. The maximum absolute atomic E-state index is 11.3. The van der Waals surface area contributed by atoms with Crippen LogP contribution in [0.4, 0.5) is 0 Å². The Balaban J connectivity index is 3.24. The minimum Gasteiger partial charge on any atom is -0.493 e. The van der Waals surface area contributed by atoms with E-state index in [2.05, 4.69) is 0 Å². The number of ether oxygens (including phenoxy) is 1. The molecule has 2 nitrogen and oxygen atoms in total. The van der Waals surface area contributed by atoms with Crippen LogP contribution < -0.4 is 4.74 Å². The molecule has 0 heterocycles. The number of ketones is 1. The molecule has 14 heavy (non-hydrogen) atoms. The van der Waals surface area contributed by atoms with Gasteiger partial charge in [-0.1, -0.05) is 11.6 Å². The van der Waals surface area contributed by atoms with E-state index in [0.29, 0.717) is 22.9 Å². The second-order valence-electron chi connectivity index (χ2n) is 3.09. The molecular formula is C11H13ClO2. The molecule has 1 aromatic carbocycles. The predicted molar refractivity (Wildman–Crippen MR) is 57.4 cm³/mol. The summed E-state index contributed by atoms with van der Waals surface area (Å²) in [5, 5.41) is 0.596. The lowest BCUT2D eigenvalue weighted by Gasteiger charge is -2.09. The molecule has 0 bridgehead atoms. The number of aryl methyl sites for hydroxylation is 1. The molecule has 0 saturated carbocycles. The van der Waals surface area contributed by atoms with Gasteiger partial charge in [-0.25, -0.2) is 0 Å². The Bertz CT molecular complexity index is 359. The van der Waals surface area contributed by atoms with Gasteiger partial charge in [-0.05, 0) is 38.5 Å². The van der Waals surface area contributed by atoms with E-state index in [9.17, 15) is 4.79 Å². The van der Waals surface area contributed by atoms with Crippen molar-refractivity contribution in [1.82, 2.24) is 0 Å². The summed E-state index contributed by atoms with van der Waals surface area (Å²) in [6.45, 7) is 5.81. The van der Waals surface area contributed by atoms with Crippen LogP contribution in [0.2, 0.25) is 5.02 Å². The Kier molecular flexibility index (Phi) is 3.53. The van der Waals surface area contributed by atoms with Crippen LogP contribution in [0.5, 0.6) is 5.75 Å². The Morgan fingerprint density at radius 1 is 1.50 bits per heavy atom. The fourth-order valence-corrected chi connectivity index (χ4v) is 1.37. The Hall–Kier alpha value is -1.02. The van der Waals surface area contributed by atoms with Crippen LogP contribution >= 0.6 is 11.6 Å². The first-order chi connectivity index (χ1) is 6.56. The maximum Gasteiger partial charge on any atom is 0.163 e. The van der Waals surface area contributed by atoms with E-state index in [0.717, 1.165) is 5.56 Å². The molecule has 0 atom stereocenters. The molecule has 0 spiro atoms. The van der Waals surface area contributed by atoms with Gasteiger partial charge in [-0.3, -0.25) is 4.79 Å². The molecule has 3 heteroatoms. The van der Waals surface area contributed by atoms with Crippen molar-refractivity contribution in [2.45, 2.75) is 20.8 Å². The van der Waals surface area contributed by atoms with Gasteiger partial charge in [0.25, 0.3) is 0 Å². The third kappa shape index (κ3) is 2.26. The van der Waals surface area contributed by atoms with Crippen LogP contribution in [0.3, 0.4) is 0 Å². The minimum atomic E-state index is -0.0321. The summed E-state index contributed by atoms with van der Waals surface area (Å²) in [6, 6.07) is 3.45. The number of halogens is 1. The zero-order valence-electron chi connectivity index (χ0n) is 8.56. The van der Waals surface area contributed by atoms with Gasteiger partial charge in [0.2, 0.25) is 0 Å². The molecule has 1 aromatic rings. The predicted octanol–water partition coefficient (Wildman–Crippen LogP) is 3.25. The third-order valence-corrected chi connectivity index (χ3v) is 2.35. The van der Waals surface area contributed by atoms with Crippen LogP contribution in [0.15, 0.2) is 12.1 Å². The summed E-state index contributed by atoms with van der Waals surface area (Å²) in [5.74, 6) is 0.581. The van der Waals surface area contributed by atoms with Crippen LogP contribution in [-0.2, 0) is 0 Å². The number of hydrogen-bond acceptors (Lipinski definition) is 2. The van der Waals surface area contributed by atoms with Gasteiger partial charge >= 0.3 is 0 Å². The number of Topliss-reactive ketones (excluding diaryl/α,β-unsaturated/α-hetero) is 1. The fraction of sp³-hybridized carbons (Fsp3) is 0.364. The SMILES string of the molecule is CCOc1cc(C)c(Cl)cc1C(C)=O.